The van der Waals surface area contributed by atoms with E-state index in [1.807, 2.05) is 0 Å². The van der Waals surface area contributed by atoms with Gasteiger partial charge in [-0.25, -0.2) is 0 Å². The van der Waals surface area contributed by atoms with E-state index < -0.39 is 12.0 Å². The van der Waals surface area contributed by atoms with Gasteiger partial charge in [-0.3, -0.25) is 0 Å². The first-order chi connectivity index (χ1) is 6.50. The summed E-state index contributed by atoms with van der Waals surface area (Å²) >= 11 is 0. The van der Waals surface area contributed by atoms with Gasteiger partial charge in [0.15, 0.2) is 11.5 Å². The van der Waals surface area contributed by atoms with Gasteiger partial charge in [0.2, 0.25) is 0 Å². The lowest BCUT2D eigenvalue weighted by Gasteiger charge is -2.12. The zero-order chi connectivity index (χ0) is 10.7. The highest BCUT2D eigenvalue weighted by Crippen LogP contribution is 2.25. The van der Waals surface area contributed by atoms with Crippen molar-refractivity contribution in [2.45, 2.75) is 12.5 Å². The zero-order valence-corrected chi connectivity index (χ0v) is 7.30. The first-order valence-electron chi connectivity index (χ1n) is 3.98. The molecule has 5 heteroatoms. The fourth-order valence-electron chi connectivity index (χ4n) is 1.03. The highest BCUT2D eigenvalue weighted by molar-refractivity contribution is 5.71. The van der Waals surface area contributed by atoms with Crippen molar-refractivity contribution in [3.63, 3.8) is 0 Å². The Morgan fingerprint density at radius 1 is 1.43 bits per heavy atom. The lowest BCUT2D eigenvalue weighted by Crippen LogP contribution is -2.43. The van der Waals surface area contributed by atoms with Crippen LogP contribution in [0.3, 0.4) is 0 Å². The van der Waals surface area contributed by atoms with Crippen molar-refractivity contribution in [2.75, 3.05) is 0 Å². The topological polar surface area (TPSA) is 107 Å². The Labute approximate surface area is 80.4 Å². The molecule has 0 radical (unpaired) electrons. The van der Waals surface area contributed by atoms with E-state index in [-0.39, 0.29) is 17.9 Å². The summed E-state index contributed by atoms with van der Waals surface area (Å²) in [5.74, 6) is -1.90. The second-order valence-electron chi connectivity index (χ2n) is 2.95. The number of carbonyl (C=O) groups is 1. The lowest BCUT2D eigenvalue weighted by atomic mass is 10.1. The van der Waals surface area contributed by atoms with E-state index in [2.05, 4.69) is 0 Å². The molecule has 0 saturated carbocycles. The van der Waals surface area contributed by atoms with Gasteiger partial charge in [-0.05, 0) is 24.1 Å². The summed E-state index contributed by atoms with van der Waals surface area (Å²) in [6, 6.07) is 2.90. The third-order valence-corrected chi connectivity index (χ3v) is 1.80. The van der Waals surface area contributed by atoms with Crippen LogP contribution in [0.4, 0.5) is 0 Å². The van der Waals surface area contributed by atoms with E-state index in [0.29, 0.717) is 5.56 Å². The van der Waals surface area contributed by atoms with E-state index in [4.69, 9.17) is 15.9 Å². The number of hydrogen-bond acceptors (Lipinski definition) is 5. The number of phenolic OH excluding ortho intramolecular Hbond substituents is 2. The Morgan fingerprint density at radius 2 is 2.07 bits per heavy atom. The van der Waals surface area contributed by atoms with Crippen molar-refractivity contribution in [3.05, 3.63) is 23.8 Å². The van der Waals surface area contributed by atoms with Crippen LogP contribution in [-0.4, -0.2) is 22.2 Å². The summed E-state index contributed by atoms with van der Waals surface area (Å²) in [5.41, 5.74) is 5.76. The summed E-state index contributed by atoms with van der Waals surface area (Å²) in [6.45, 7) is 0. The highest BCUT2D eigenvalue weighted by Gasteiger charge is 2.06. The molecule has 0 aromatic heterocycles. The number of nitrogens with two attached hydrogens (primary N) is 1. The monoisotopic (exact) mass is 196 g/mol. The molecule has 0 spiro atoms. The molecule has 1 aromatic rings. The minimum atomic E-state index is -1.35. The van der Waals surface area contributed by atoms with Crippen LogP contribution in [-0.2, 0) is 11.2 Å². The molecular weight excluding hydrogens is 186 g/mol. The maximum absolute atomic E-state index is 10.3. The predicted molar refractivity (Wildman–Crippen MR) is 46.5 cm³/mol. The molecule has 0 aliphatic rings. The van der Waals surface area contributed by atoms with Crippen LogP contribution in [0.1, 0.15) is 5.56 Å². The second-order valence-corrected chi connectivity index (χ2v) is 2.95. The quantitative estimate of drug-likeness (QED) is 0.522. The fourth-order valence-corrected chi connectivity index (χ4v) is 1.03. The number of rotatable bonds is 3. The van der Waals surface area contributed by atoms with E-state index >= 15 is 0 Å². The smallest absolute Gasteiger partial charge is 0.157 e. The second kappa shape index (κ2) is 3.97. The molecule has 0 fully saturated rings. The van der Waals surface area contributed by atoms with Crippen molar-refractivity contribution in [3.8, 4) is 11.5 Å². The number of carbonyl (C=O) groups excluding carboxylic acids is 1. The molecule has 76 valence electrons. The summed E-state index contributed by atoms with van der Waals surface area (Å²) in [5, 5.41) is 28.4. The first kappa shape index (κ1) is 10.3. The van der Waals surface area contributed by atoms with Crippen molar-refractivity contribution >= 4 is 5.97 Å². The Bertz CT molecular complexity index is 351. The normalized spacial score (nSPS) is 12.4. The average molecular weight is 196 g/mol. The Balaban J connectivity index is 2.78. The Hall–Kier alpha value is -1.75. The molecule has 0 heterocycles. The molecule has 0 bridgehead atoms. The zero-order valence-electron chi connectivity index (χ0n) is 7.30. The highest BCUT2D eigenvalue weighted by atomic mass is 16.4. The van der Waals surface area contributed by atoms with Gasteiger partial charge in [-0.1, -0.05) is 6.07 Å². The van der Waals surface area contributed by atoms with Crippen molar-refractivity contribution < 1.29 is 20.1 Å². The number of aromatic hydroxyl groups is 2. The van der Waals surface area contributed by atoms with Gasteiger partial charge in [0.1, 0.15) is 0 Å². The van der Waals surface area contributed by atoms with Crippen molar-refractivity contribution in [1.29, 1.82) is 0 Å². The van der Waals surface area contributed by atoms with Crippen molar-refractivity contribution in [1.82, 2.24) is 0 Å². The fraction of sp³-hybridized carbons (Fsp3) is 0.222. The van der Waals surface area contributed by atoms with Crippen LogP contribution >= 0.6 is 0 Å². The maximum atomic E-state index is 10.3. The number of carboxylic acid groups (broad SMARTS) is 1. The molecular formula is C9H10NO4-. The number of aliphatic carboxylic acids is 1. The molecule has 0 aliphatic heterocycles. The van der Waals surface area contributed by atoms with E-state index in [0.717, 1.165) is 0 Å². The number of phenols is 2. The van der Waals surface area contributed by atoms with Gasteiger partial charge in [-0.2, -0.15) is 0 Å². The third-order valence-electron chi connectivity index (χ3n) is 1.80. The van der Waals surface area contributed by atoms with E-state index in [1.165, 1.54) is 18.2 Å². The molecule has 14 heavy (non-hydrogen) atoms. The lowest BCUT2D eigenvalue weighted by molar-refractivity contribution is -0.307. The largest absolute Gasteiger partial charge is 0.548 e. The minimum absolute atomic E-state index is 0.0518. The van der Waals surface area contributed by atoms with E-state index in [9.17, 15) is 9.90 Å². The van der Waals surface area contributed by atoms with Crippen LogP contribution in [0.15, 0.2) is 18.2 Å². The molecule has 1 rings (SSSR count). The summed E-state index contributed by atoms with van der Waals surface area (Å²) < 4.78 is 0. The standard InChI is InChI=1S/C9H11NO4/c10-6(9(13)14)3-5-1-2-7(11)8(12)4-5/h1-2,4,6,11-12H,3,10H2,(H,13,14)/p-1. The van der Waals surface area contributed by atoms with Crippen LogP contribution in [0.25, 0.3) is 0 Å². The average Bonchev–Trinajstić information content (AvgIpc) is 2.11. The van der Waals surface area contributed by atoms with Gasteiger partial charge in [-0.15, -0.1) is 0 Å². The molecule has 1 aromatic carbocycles. The van der Waals surface area contributed by atoms with Crippen LogP contribution in [0.5, 0.6) is 11.5 Å². The maximum Gasteiger partial charge on any atom is 0.157 e. The summed E-state index contributed by atoms with van der Waals surface area (Å²) in [7, 11) is 0. The predicted octanol–water partition coefficient (Wildman–Crippen LogP) is -1.28. The Kier molecular flexibility index (Phi) is 2.93. The van der Waals surface area contributed by atoms with Gasteiger partial charge in [0.05, 0.1) is 5.97 Å². The van der Waals surface area contributed by atoms with Gasteiger partial charge in [0.25, 0.3) is 0 Å². The minimum Gasteiger partial charge on any atom is -0.548 e. The third kappa shape index (κ3) is 2.37. The number of hydrogen-bond donors (Lipinski definition) is 3. The Morgan fingerprint density at radius 3 is 2.57 bits per heavy atom. The van der Waals surface area contributed by atoms with Crippen LogP contribution in [0.2, 0.25) is 0 Å². The van der Waals surface area contributed by atoms with E-state index in [1.54, 1.807) is 0 Å². The first-order valence-corrected chi connectivity index (χ1v) is 3.98. The molecule has 4 N–H and O–H groups in total. The SMILES string of the molecule is NC(Cc1ccc(O)c(O)c1)C(=O)[O-]. The van der Waals surface area contributed by atoms with Gasteiger partial charge < -0.3 is 25.8 Å². The van der Waals surface area contributed by atoms with Crippen molar-refractivity contribution in [2.24, 2.45) is 5.73 Å². The van der Waals surface area contributed by atoms with Crippen LogP contribution < -0.4 is 10.8 Å². The molecule has 1 atom stereocenters. The molecule has 5 nitrogen and oxygen atoms in total. The molecule has 0 amide bonds. The van der Waals surface area contributed by atoms with Gasteiger partial charge in [0, 0.05) is 6.04 Å². The summed E-state index contributed by atoms with van der Waals surface area (Å²) in [4.78, 5) is 10.3. The molecule has 0 saturated heterocycles. The van der Waals surface area contributed by atoms with Crippen LogP contribution in [0, 0.1) is 0 Å². The molecule has 1 unspecified atom stereocenters. The number of benzene rings is 1. The molecule has 0 aliphatic carbocycles. The number of carboxylic acids is 1. The van der Waals surface area contributed by atoms with Gasteiger partial charge >= 0.3 is 0 Å². The summed E-state index contributed by atoms with van der Waals surface area (Å²) in [6.07, 6.45) is 0.0518.